The molecular formula is C23H31N3O10S2. The highest BCUT2D eigenvalue weighted by Gasteiger charge is 2.33. The predicted octanol–water partition coefficient (Wildman–Crippen LogP) is 1.82. The maximum absolute atomic E-state index is 13.1. The van der Waals surface area contributed by atoms with E-state index >= 15 is 0 Å². The second-order valence-corrected chi connectivity index (χ2v) is 11.2. The molecule has 0 aliphatic carbocycles. The summed E-state index contributed by atoms with van der Waals surface area (Å²) < 4.78 is 74.2. The number of benzene rings is 2. The van der Waals surface area contributed by atoms with Crippen LogP contribution in [-0.4, -0.2) is 78.1 Å². The third-order valence-electron chi connectivity index (χ3n) is 5.30. The van der Waals surface area contributed by atoms with E-state index < -0.39 is 37.2 Å². The number of amides is 1. The van der Waals surface area contributed by atoms with E-state index in [1.54, 1.807) is 19.9 Å². The summed E-state index contributed by atoms with van der Waals surface area (Å²) >= 11 is 0. The van der Waals surface area contributed by atoms with E-state index in [9.17, 15) is 21.6 Å². The Bertz CT molecular complexity index is 1310. The molecule has 1 amide bonds. The van der Waals surface area contributed by atoms with Gasteiger partial charge in [-0.3, -0.25) is 0 Å². The highest BCUT2D eigenvalue weighted by Crippen LogP contribution is 2.31. The van der Waals surface area contributed by atoms with Gasteiger partial charge in [-0.1, -0.05) is 12.1 Å². The van der Waals surface area contributed by atoms with E-state index in [4.69, 9.17) is 23.7 Å². The summed E-state index contributed by atoms with van der Waals surface area (Å²) in [7, 11) is -8.89. The van der Waals surface area contributed by atoms with Crippen LogP contribution in [0.2, 0.25) is 0 Å². The smallest absolute Gasteiger partial charge is 0.409 e. The third-order valence-corrected chi connectivity index (χ3v) is 7.98. The number of nitrogens with two attached hydrogens (primary N) is 1. The van der Waals surface area contributed by atoms with Crippen molar-refractivity contribution in [2.75, 3.05) is 46.0 Å². The molecule has 0 unspecified atom stereocenters. The number of hydrogen-bond acceptors (Lipinski definition) is 11. The summed E-state index contributed by atoms with van der Waals surface area (Å²) in [6.07, 6.45) is -0.0101. The van der Waals surface area contributed by atoms with Crippen molar-refractivity contribution in [1.29, 1.82) is 0 Å². The summed E-state index contributed by atoms with van der Waals surface area (Å²) in [6.45, 7) is 4.30. The van der Waals surface area contributed by atoms with Crippen LogP contribution in [0.4, 0.5) is 4.79 Å². The molecule has 1 aliphatic heterocycles. The molecule has 0 bridgehead atoms. The van der Waals surface area contributed by atoms with Crippen molar-refractivity contribution in [2.45, 2.75) is 25.2 Å². The number of piperazine rings is 1. The number of ether oxygens (including phenoxy) is 2. The van der Waals surface area contributed by atoms with Crippen molar-refractivity contribution >= 4 is 26.5 Å². The summed E-state index contributed by atoms with van der Waals surface area (Å²) in [5.41, 5.74) is 0.678. The van der Waals surface area contributed by atoms with E-state index in [0.29, 0.717) is 24.3 Å². The topological polar surface area (TPSA) is 164 Å². The van der Waals surface area contributed by atoms with Gasteiger partial charge in [0.05, 0.1) is 19.8 Å². The molecule has 13 nitrogen and oxygen atoms in total. The van der Waals surface area contributed by atoms with Gasteiger partial charge in [0, 0.05) is 38.7 Å². The van der Waals surface area contributed by atoms with Gasteiger partial charge in [-0.2, -0.15) is 21.1 Å². The fourth-order valence-corrected chi connectivity index (χ4v) is 5.73. The SMILES string of the molecule is CCOC(=O)N1CCN(S(=O)(=O)Oc2ccccc2S(=O)(=O)Oc2cc(C)cc(OCCCON)c2)CC1. The van der Waals surface area contributed by atoms with Crippen LogP contribution in [0.3, 0.4) is 0 Å². The second kappa shape index (κ2) is 13.1. The van der Waals surface area contributed by atoms with Crippen LogP contribution >= 0.6 is 0 Å². The lowest BCUT2D eigenvalue weighted by Gasteiger charge is -2.32. The zero-order chi connectivity index (χ0) is 27.8. The quantitative estimate of drug-likeness (QED) is 0.224. The molecule has 3 rings (SSSR count). The fourth-order valence-electron chi connectivity index (χ4n) is 3.55. The number of nitrogens with zero attached hydrogens (tertiary/aromatic N) is 2. The maximum atomic E-state index is 13.1. The number of hydrogen-bond donors (Lipinski definition) is 1. The van der Waals surface area contributed by atoms with Gasteiger partial charge < -0.3 is 27.6 Å². The highest BCUT2D eigenvalue weighted by molar-refractivity contribution is 7.87. The molecule has 0 radical (unpaired) electrons. The molecule has 0 atom stereocenters. The summed E-state index contributed by atoms with van der Waals surface area (Å²) in [5.74, 6) is 4.91. The second-order valence-electron chi connectivity index (χ2n) is 8.16. The molecule has 38 heavy (non-hydrogen) atoms. The maximum Gasteiger partial charge on any atom is 0.409 e. The van der Waals surface area contributed by atoms with Crippen LogP contribution in [0.25, 0.3) is 0 Å². The molecular weight excluding hydrogens is 542 g/mol. The minimum Gasteiger partial charge on any atom is -0.493 e. The molecule has 1 aliphatic rings. The number of para-hydroxylation sites is 1. The zero-order valence-corrected chi connectivity index (χ0v) is 22.7. The van der Waals surface area contributed by atoms with Gasteiger partial charge in [-0.15, -0.1) is 0 Å². The van der Waals surface area contributed by atoms with Crippen molar-refractivity contribution in [3.8, 4) is 17.2 Å². The number of aryl methyl sites for hydroxylation is 1. The Morgan fingerprint density at radius 2 is 1.63 bits per heavy atom. The van der Waals surface area contributed by atoms with Crippen LogP contribution in [0.1, 0.15) is 18.9 Å². The minimum absolute atomic E-state index is 0.0252. The molecule has 2 N–H and O–H groups in total. The van der Waals surface area contributed by atoms with E-state index in [-0.39, 0.29) is 45.1 Å². The van der Waals surface area contributed by atoms with Gasteiger partial charge in [0.2, 0.25) is 0 Å². The fraction of sp³-hybridized carbons (Fsp3) is 0.435. The van der Waals surface area contributed by atoms with Crippen molar-refractivity contribution in [3.05, 3.63) is 48.0 Å². The molecule has 1 saturated heterocycles. The van der Waals surface area contributed by atoms with E-state index in [1.807, 2.05) is 0 Å². The molecule has 1 fully saturated rings. The van der Waals surface area contributed by atoms with E-state index in [2.05, 4.69) is 4.84 Å². The molecule has 15 heteroatoms. The van der Waals surface area contributed by atoms with Gasteiger partial charge in [-0.25, -0.2) is 10.7 Å². The first kappa shape index (κ1) is 29.4. The molecule has 0 aromatic heterocycles. The average Bonchev–Trinajstić information content (AvgIpc) is 2.86. The third kappa shape index (κ3) is 7.94. The lowest BCUT2D eigenvalue weighted by molar-refractivity contribution is 0.0922. The average molecular weight is 574 g/mol. The Morgan fingerprint density at radius 3 is 2.32 bits per heavy atom. The predicted molar refractivity (Wildman–Crippen MR) is 135 cm³/mol. The molecule has 1 heterocycles. The van der Waals surface area contributed by atoms with Crippen LogP contribution in [0, 0.1) is 6.92 Å². The van der Waals surface area contributed by atoms with E-state index in [1.165, 1.54) is 41.3 Å². The largest absolute Gasteiger partial charge is 0.493 e. The summed E-state index contributed by atoms with van der Waals surface area (Å²) in [4.78, 5) is 17.3. The summed E-state index contributed by atoms with van der Waals surface area (Å²) in [5, 5.41) is 0. The van der Waals surface area contributed by atoms with Crippen molar-refractivity contribution in [3.63, 3.8) is 0 Å². The Kier molecular flexibility index (Phi) is 10.2. The van der Waals surface area contributed by atoms with Crippen molar-refractivity contribution in [2.24, 2.45) is 5.90 Å². The minimum atomic E-state index is -4.51. The van der Waals surface area contributed by atoms with Gasteiger partial charge in [-0.05, 0) is 43.7 Å². The number of carbonyl (C=O) groups excluding carboxylic acids is 1. The van der Waals surface area contributed by atoms with Crippen LogP contribution < -0.4 is 19.0 Å². The van der Waals surface area contributed by atoms with Crippen LogP contribution in [0.5, 0.6) is 17.2 Å². The first-order chi connectivity index (χ1) is 18.1. The van der Waals surface area contributed by atoms with Gasteiger partial charge in [0.1, 0.15) is 16.4 Å². The van der Waals surface area contributed by atoms with Crippen LogP contribution in [-0.2, 0) is 30.0 Å². The monoisotopic (exact) mass is 573 g/mol. The van der Waals surface area contributed by atoms with E-state index in [0.717, 1.165) is 4.31 Å². The Morgan fingerprint density at radius 1 is 0.947 bits per heavy atom. The molecule has 210 valence electrons. The first-order valence-corrected chi connectivity index (χ1v) is 14.5. The lowest BCUT2D eigenvalue weighted by Crippen LogP contribution is -2.51. The molecule has 2 aromatic rings. The van der Waals surface area contributed by atoms with Crippen molar-refractivity contribution in [1.82, 2.24) is 9.21 Å². The molecule has 2 aromatic carbocycles. The van der Waals surface area contributed by atoms with Crippen LogP contribution in [0.15, 0.2) is 47.4 Å². The van der Waals surface area contributed by atoms with Crippen molar-refractivity contribution < 1.29 is 44.3 Å². The Balaban J connectivity index is 1.74. The lowest BCUT2D eigenvalue weighted by atomic mass is 10.2. The van der Waals surface area contributed by atoms with Gasteiger partial charge in [0.15, 0.2) is 5.75 Å². The normalized spacial score (nSPS) is 14.7. The first-order valence-electron chi connectivity index (χ1n) is 11.8. The Hall–Kier alpha value is -3.11. The highest BCUT2D eigenvalue weighted by atomic mass is 32.2. The molecule has 0 saturated carbocycles. The Labute approximate surface area is 222 Å². The summed E-state index contributed by atoms with van der Waals surface area (Å²) in [6, 6.07) is 9.85. The van der Waals surface area contributed by atoms with Gasteiger partial charge >= 0.3 is 26.5 Å². The number of carbonyl (C=O) groups is 1. The standard InChI is InChI=1S/C23H31N3O10S2/c1-3-32-23(27)25-9-11-26(12-10-25)38(30,31)36-21-7-4-5-8-22(21)37(28,29)35-20-16-18(2)15-19(17-20)33-13-6-14-34-24/h4-5,7-8,15-17H,3,6,9-14,24H2,1-2H3. The molecule has 0 spiro atoms. The number of rotatable bonds is 12. The van der Waals surface area contributed by atoms with Gasteiger partial charge in [0.25, 0.3) is 0 Å². The zero-order valence-electron chi connectivity index (χ0n) is 21.1.